The molecule has 0 aliphatic heterocycles. The number of carboxylic acids is 1. The lowest BCUT2D eigenvalue weighted by molar-refractivity contribution is -0.143. The van der Waals surface area contributed by atoms with Gasteiger partial charge < -0.3 is 25.8 Å². The Labute approximate surface area is 240 Å². The maximum atomic E-state index is 13.4. The third-order valence-electron chi connectivity index (χ3n) is 6.58. The van der Waals surface area contributed by atoms with Crippen LogP contribution >= 0.6 is 11.6 Å². The number of benzene rings is 3. The zero-order chi connectivity index (χ0) is 28.9. The molecule has 0 bridgehead atoms. The zero-order valence-electron chi connectivity index (χ0n) is 22.7. The van der Waals surface area contributed by atoms with Gasteiger partial charge in [-0.2, -0.15) is 0 Å². The normalized spacial score (nSPS) is 13.1. The van der Waals surface area contributed by atoms with Gasteiger partial charge in [-0.15, -0.1) is 0 Å². The number of nitrogens with one attached hydrogen (secondary N) is 3. The first kappa shape index (κ1) is 30.7. The van der Waals surface area contributed by atoms with E-state index < -0.39 is 29.9 Å². The minimum atomic E-state index is -1.13. The molecule has 0 heterocycles. The van der Waals surface area contributed by atoms with E-state index in [-0.39, 0.29) is 17.9 Å². The molecule has 9 heteroatoms. The number of hydrogen-bond acceptors (Lipinski definition) is 5. The fraction of sp³-hybridized carbons (Fsp3) is 0.323. The van der Waals surface area contributed by atoms with Crippen LogP contribution in [0.25, 0.3) is 0 Å². The van der Waals surface area contributed by atoms with Crippen molar-refractivity contribution in [3.05, 3.63) is 101 Å². The summed E-state index contributed by atoms with van der Waals surface area (Å²) in [5, 5.41) is 18.7. The summed E-state index contributed by atoms with van der Waals surface area (Å²) in [6.45, 7) is 5.14. The van der Waals surface area contributed by atoms with Gasteiger partial charge in [0.15, 0.2) is 0 Å². The minimum absolute atomic E-state index is 0.172. The maximum absolute atomic E-state index is 13.4. The number of hydrogen-bond donors (Lipinski definition) is 4. The van der Waals surface area contributed by atoms with Gasteiger partial charge in [0.1, 0.15) is 24.4 Å². The third-order valence-corrected chi connectivity index (χ3v) is 6.81. The second-order valence-corrected chi connectivity index (χ2v) is 10.0. The molecule has 2 amide bonds. The predicted octanol–water partition coefficient (Wildman–Crippen LogP) is 4.47. The lowest BCUT2D eigenvalue weighted by Crippen LogP contribution is -2.54. The van der Waals surface area contributed by atoms with Gasteiger partial charge in [0, 0.05) is 24.5 Å². The number of carbonyl (C=O) groups excluding carboxylic acids is 2. The topological polar surface area (TPSA) is 117 Å². The molecule has 212 valence electrons. The van der Waals surface area contributed by atoms with Crippen molar-refractivity contribution < 1.29 is 24.2 Å². The zero-order valence-corrected chi connectivity index (χ0v) is 23.5. The van der Waals surface area contributed by atoms with E-state index in [2.05, 4.69) is 16.0 Å². The highest BCUT2D eigenvalue weighted by molar-refractivity contribution is 6.31. The highest BCUT2D eigenvalue weighted by Gasteiger charge is 2.30. The molecule has 3 aromatic carbocycles. The van der Waals surface area contributed by atoms with E-state index in [0.29, 0.717) is 36.9 Å². The van der Waals surface area contributed by atoms with Crippen molar-refractivity contribution in [2.45, 2.75) is 45.3 Å². The summed E-state index contributed by atoms with van der Waals surface area (Å²) in [7, 11) is 0. The second kappa shape index (κ2) is 15.6. The van der Waals surface area contributed by atoms with Crippen molar-refractivity contribution in [1.29, 1.82) is 0 Å². The fourth-order valence-electron chi connectivity index (χ4n) is 4.10. The van der Waals surface area contributed by atoms with Crippen LogP contribution in [0, 0.1) is 5.92 Å². The van der Waals surface area contributed by atoms with E-state index in [9.17, 15) is 19.5 Å². The average molecular weight is 566 g/mol. The molecule has 3 atom stereocenters. The highest BCUT2D eigenvalue weighted by Crippen LogP contribution is 2.23. The summed E-state index contributed by atoms with van der Waals surface area (Å²) in [4.78, 5) is 38.6. The molecular formula is C31H36ClN3O5. The van der Waals surface area contributed by atoms with Gasteiger partial charge in [0.25, 0.3) is 5.91 Å². The Morgan fingerprint density at radius 1 is 0.925 bits per heavy atom. The summed E-state index contributed by atoms with van der Waals surface area (Å²) < 4.78 is 5.89. The number of carboxylic acid groups (broad SMARTS) is 1. The SMILES string of the molecule is CC[C@H](C)[C@H](NC(=O)[C@H](Cc1ccccc1)NC(=O)c1cc(Cl)ccc1OCCNCc1ccccc1)C(=O)O. The standard InChI is InChI=1S/C31H36ClN3O5/c1-3-21(2)28(31(38)39)35-30(37)26(18-22-10-6-4-7-11-22)34-29(36)25-19-24(32)14-15-27(25)40-17-16-33-20-23-12-8-5-9-13-23/h4-15,19,21,26,28,33H,3,16-18,20H2,1-2H3,(H,34,36)(H,35,37)(H,38,39)/t21-,26-,28-/m0/s1. The van der Waals surface area contributed by atoms with Crippen molar-refractivity contribution in [2.24, 2.45) is 5.92 Å². The summed E-state index contributed by atoms with van der Waals surface area (Å²) >= 11 is 6.20. The van der Waals surface area contributed by atoms with Crippen molar-refractivity contribution in [3.63, 3.8) is 0 Å². The summed E-state index contributed by atoms with van der Waals surface area (Å²) in [6.07, 6.45) is 0.738. The largest absolute Gasteiger partial charge is 0.491 e. The van der Waals surface area contributed by atoms with Crippen LogP contribution in [0.15, 0.2) is 78.9 Å². The lowest BCUT2D eigenvalue weighted by atomic mass is 9.98. The number of amides is 2. The first-order chi connectivity index (χ1) is 19.3. The fourth-order valence-corrected chi connectivity index (χ4v) is 4.27. The highest BCUT2D eigenvalue weighted by atomic mass is 35.5. The second-order valence-electron chi connectivity index (χ2n) is 9.58. The molecule has 0 aliphatic rings. The van der Waals surface area contributed by atoms with Crippen LogP contribution in [0.1, 0.15) is 41.8 Å². The smallest absolute Gasteiger partial charge is 0.326 e. The van der Waals surface area contributed by atoms with E-state index in [1.807, 2.05) is 67.6 Å². The van der Waals surface area contributed by atoms with Gasteiger partial charge >= 0.3 is 5.97 Å². The van der Waals surface area contributed by atoms with Gasteiger partial charge in [-0.25, -0.2) is 4.79 Å². The molecule has 0 aromatic heterocycles. The monoisotopic (exact) mass is 565 g/mol. The number of carbonyl (C=O) groups is 3. The van der Waals surface area contributed by atoms with Gasteiger partial charge in [-0.3, -0.25) is 9.59 Å². The first-order valence-electron chi connectivity index (χ1n) is 13.3. The van der Waals surface area contributed by atoms with Crippen LogP contribution in [0.3, 0.4) is 0 Å². The molecule has 0 radical (unpaired) electrons. The van der Waals surface area contributed by atoms with E-state index in [4.69, 9.17) is 16.3 Å². The molecule has 3 aromatic rings. The number of rotatable bonds is 15. The molecule has 8 nitrogen and oxygen atoms in total. The Morgan fingerprint density at radius 2 is 1.57 bits per heavy atom. The van der Waals surface area contributed by atoms with E-state index >= 15 is 0 Å². The summed E-state index contributed by atoms with van der Waals surface area (Å²) in [5.74, 6) is -2.23. The van der Waals surface area contributed by atoms with E-state index in [1.165, 1.54) is 6.07 Å². The molecule has 0 spiro atoms. The Hall–Kier alpha value is -3.88. The molecule has 0 saturated heterocycles. The number of ether oxygens (including phenoxy) is 1. The van der Waals surface area contributed by atoms with Crippen LogP contribution in [0.5, 0.6) is 5.75 Å². The lowest BCUT2D eigenvalue weighted by Gasteiger charge is -2.25. The average Bonchev–Trinajstić information content (AvgIpc) is 2.96. The molecule has 0 saturated carbocycles. The van der Waals surface area contributed by atoms with Crippen molar-refractivity contribution in [2.75, 3.05) is 13.2 Å². The van der Waals surface area contributed by atoms with Crippen LogP contribution in [-0.4, -0.2) is 48.1 Å². The van der Waals surface area contributed by atoms with Crippen LogP contribution in [0.4, 0.5) is 0 Å². The Kier molecular flexibility index (Phi) is 12.0. The van der Waals surface area contributed by atoms with Gasteiger partial charge in [0.2, 0.25) is 5.91 Å². The Balaban J connectivity index is 1.72. The molecule has 0 fully saturated rings. The Morgan fingerprint density at radius 3 is 2.20 bits per heavy atom. The van der Waals surface area contributed by atoms with Crippen molar-refractivity contribution in [1.82, 2.24) is 16.0 Å². The number of halogens is 1. The minimum Gasteiger partial charge on any atom is -0.491 e. The molecular weight excluding hydrogens is 530 g/mol. The predicted molar refractivity (Wildman–Crippen MR) is 156 cm³/mol. The molecule has 40 heavy (non-hydrogen) atoms. The summed E-state index contributed by atoms with van der Waals surface area (Å²) in [6, 6.07) is 21.8. The summed E-state index contributed by atoms with van der Waals surface area (Å²) in [5.41, 5.74) is 2.14. The molecule has 4 N–H and O–H groups in total. The third kappa shape index (κ3) is 9.39. The van der Waals surface area contributed by atoms with Crippen LogP contribution < -0.4 is 20.7 Å². The van der Waals surface area contributed by atoms with Gasteiger partial charge in [-0.05, 0) is 35.2 Å². The van der Waals surface area contributed by atoms with Crippen molar-refractivity contribution in [3.8, 4) is 5.75 Å². The van der Waals surface area contributed by atoms with Crippen LogP contribution in [-0.2, 0) is 22.6 Å². The quantitative estimate of drug-likeness (QED) is 0.202. The van der Waals surface area contributed by atoms with Crippen molar-refractivity contribution >= 4 is 29.4 Å². The van der Waals surface area contributed by atoms with Gasteiger partial charge in [0.05, 0.1) is 5.56 Å². The molecule has 0 unspecified atom stereocenters. The first-order valence-corrected chi connectivity index (χ1v) is 13.7. The molecule has 0 aliphatic carbocycles. The van der Waals surface area contributed by atoms with Gasteiger partial charge in [-0.1, -0.05) is 92.5 Å². The Bertz CT molecular complexity index is 1260. The van der Waals surface area contributed by atoms with E-state index in [0.717, 1.165) is 11.1 Å². The van der Waals surface area contributed by atoms with E-state index in [1.54, 1.807) is 19.1 Å². The maximum Gasteiger partial charge on any atom is 0.326 e. The number of aliphatic carboxylic acids is 1. The molecule has 3 rings (SSSR count). The van der Waals surface area contributed by atoms with Crippen LogP contribution in [0.2, 0.25) is 5.02 Å².